The number of ether oxygens (including phenoxy) is 2. The largest absolute Gasteiger partial charge is 0.474 e. The lowest BCUT2D eigenvalue weighted by Crippen LogP contribution is -2.42. The summed E-state index contributed by atoms with van der Waals surface area (Å²) in [4.78, 5) is 8.33. The predicted octanol–water partition coefficient (Wildman–Crippen LogP) is 3.31. The Balaban J connectivity index is 1.33. The summed E-state index contributed by atoms with van der Waals surface area (Å²) in [5.41, 5.74) is 0.581. The molecule has 9 heteroatoms. The first-order chi connectivity index (χ1) is 14.4. The van der Waals surface area contributed by atoms with E-state index in [4.69, 9.17) is 9.47 Å². The molecule has 0 spiro atoms. The Hall–Kier alpha value is -2.26. The Morgan fingerprint density at radius 1 is 1.07 bits per heavy atom. The number of halogens is 1. The number of nitrogens with zero attached hydrogens (tertiary/aromatic N) is 2. The van der Waals surface area contributed by atoms with E-state index in [2.05, 4.69) is 15.3 Å². The van der Waals surface area contributed by atoms with Crippen LogP contribution in [0.3, 0.4) is 0 Å². The fourth-order valence-corrected chi connectivity index (χ4v) is 5.98. The molecule has 3 heterocycles. The molecule has 3 aliphatic rings. The summed E-state index contributed by atoms with van der Waals surface area (Å²) < 4.78 is 51.0. The second kappa shape index (κ2) is 7.46. The zero-order chi connectivity index (χ0) is 20.9. The predicted molar refractivity (Wildman–Crippen MR) is 107 cm³/mol. The maximum atomic E-state index is 14.6. The topological polar surface area (TPSA) is 90.4 Å². The van der Waals surface area contributed by atoms with Crippen LogP contribution in [0.2, 0.25) is 0 Å². The maximum Gasteiger partial charge on any atom is 0.229 e. The second-order valence-electron chi connectivity index (χ2n) is 8.40. The molecular formula is C21H24FN3O4S. The van der Waals surface area contributed by atoms with Gasteiger partial charge in [-0.15, -0.1) is 0 Å². The molecule has 2 bridgehead atoms. The molecule has 3 atom stereocenters. The molecule has 1 aromatic heterocycles. The number of sulfone groups is 1. The SMILES string of the molecule is Cc1c(Oc2ccc(S(=O)(=O)C3CC3)cc2F)ncnc1O[C@H]1CC2CC[C@@H](C1)N2. The molecule has 1 aliphatic carbocycles. The first-order valence-corrected chi connectivity index (χ1v) is 11.9. The van der Waals surface area contributed by atoms with E-state index in [-0.39, 0.29) is 22.6 Å². The minimum Gasteiger partial charge on any atom is -0.474 e. The van der Waals surface area contributed by atoms with Crippen molar-refractivity contribution in [3.8, 4) is 17.5 Å². The highest BCUT2D eigenvalue weighted by Gasteiger charge is 2.37. The number of hydrogen-bond acceptors (Lipinski definition) is 7. The summed E-state index contributed by atoms with van der Waals surface area (Å²) in [6.45, 7) is 1.77. The van der Waals surface area contributed by atoms with Crippen LogP contribution < -0.4 is 14.8 Å². The molecular weight excluding hydrogens is 409 g/mol. The molecule has 30 heavy (non-hydrogen) atoms. The molecule has 2 aromatic rings. The molecule has 1 N–H and O–H groups in total. The van der Waals surface area contributed by atoms with E-state index in [0.29, 0.717) is 36.4 Å². The van der Waals surface area contributed by atoms with E-state index in [1.54, 1.807) is 6.92 Å². The van der Waals surface area contributed by atoms with Gasteiger partial charge in [0.2, 0.25) is 11.8 Å². The number of hydrogen-bond donors (Lipinski definition) is 1. The summed E-state index contributed by atoms with van der Waals surface area (Å²) in [7, 11) is -3.46. The summed E-state index contributed by atoms with van der Waals surface area (Å²) in [6.07, 6.45) is 6.88. The normalized spacial score (nSPS) is 25.9. The fourth-order valence-electron chi connectivity index (χ4n) is 4.32. The minimum atomic E-state index is -3.46. The van der Waals surface area contributed by atoms with E-state index in [1.807, 2.05) is 0 Å². The quantitative estimate of drug-likeness (QED) is 0.747. The van der Waals surface area contributed by atoms with Gasteiger partial charge in [0.25, 0.3) is 0 Å². The molecule has 7 nitrogen and oxygen atoms in total. The van der Waals surface area contributed by atoms with Crippen molar-refractivity contribution in [2.75, 3.05) is 0 Å². The Morgan fingerprint density at radius 3 is 2.43 bits per heavy atom. The van der Waals surface area contributed by atoms with Crippen LogP contribution in [-0.2, 0) is 9.84 Å². The summed E-state index contributed by atoms with van der Waals surface area (Å²) in [5, 5.41) is 3.18. The summed E-state index contributed by atoms with van der Waals surface area (Å²) in [6, 6.07) is 4.71. The number of aromatic nitrogens is 2. The molecule has 1 unspecified atom stereocenters. The zero-order valence-electron chi connectivity index (χ0n) is 16.7. The van der Waals surface area contributed by atoms with Crippen LogP contribution in [0.5, 0.6) is 17.5 Å². The van der Waals surface area contributed by atoms with Gasteiger partial charge in [0.15, 0.2) is 21.4 Å². The van der Waals surface area contributed by atoms with Crippen molar-refractivity contribution in [2.45, 2.75) is 73.8 Å². The van der Waals surface area contributed by atoms with Crippen molar-refractivity contribution in [2.24, 2.45) is 0 Å². The monoisotopic (exact) mass is 433 g/mol. The highest BCUT2D eigenvalue weighted by Crippen LogP contribution is 2.36. The van der Waals surface area contributed by atoms with Crippen LogP contribution in [0.15, 0.2) is 29.4 Å². The van der Waals surface area contributed by atoms with Gasteiger partial charge in [-0.05, 0) is 63.6 Å². The molecule has 0 amide bonds. The van der Waals surface area contributed by atoms with E-state index in [1.165, 1.54) is 31.3 Å². The number of benzene rings is 1. The minimum absolute atomic E-state index is 0.0150. The van der Waals surface area contributed by atoms with Gasteiger partial charge in [-0.2, -0.15) is 0 Å². The lowest BCUT2D eigenvalue weighted by molar-refractivity contribution is 0.130. The van der Waals surface area contributed by atoms with E-state index in [0.717, 1.165) is 18.9 Å². The van der Waals surface area contributed by atoms with Crippen LogP contribution >= 0.6 is 0 Å². The Morgan fingerprint density at radius 2 is 1.77 bits per heavy atom. The molecule has 1 aromatic carbocycles. The first kappa shape index (κ1) is 19.7. The number of fused-ring (bicyclic) bond motifs is 2. The van der Waals surface area contributed by atoms with Crippen molar-refractivity contribution >= 4 is 9.84 Å². The third-order valence-corrected chi connectivity index (χ3v) is 8.36. The average Bonchev–Trinajstić information content (AvgIpc) is 3.52. The molecule has 160 valence electrons. The van der Waals surface area contributed by atoms with Crippen molar-refractivity contribution in [1.82, 2.24) is 15.3 Å². The average molecular weight is 434 g/mol. The lowest BCUT2D eigenvalue weighted by atomic mass is 10.0. The van der Waals surface area contributed by atoms with Crippen LogP contribution in [0, 0.1) is 12.7 Å². The molecule has 2 saturated heterocycles. The number of piperidine rings is 1. The van der Waals surface area contributed by atoms with Crippen LogP contribution in [0.1, 0.15) is 44.1 Å². The first-order valence-electron chi connectivity index (χ1n) is 10.4. The van der Waals surface area contributed by atoms with Crippen molar-refractivity contribution in [3.05, 3.63) is 35.9 Å². The van der Waals surface area contributed by atoms with Gasteiger partial charge >= 0.3 is 0 Å². The molecule has 5 rings (SSSR count). The fraction of sp³-hybridized carbons (Fsp3) is 0.524. The van der Waals surface area contributed by atoms with Gasteiger partial charge in [0.05, 0.1) is 15.7 Å². The summed E-state index contributed by atoms with van der Waals surface area (Å²) in [5.74, 6) is -0.210. The molecule has 2 aliphatic heterocycles. The van der Waals surface area contributed by atoms with Gasteiger partial charge in [-0.3, -0.25) is 0 Å². The van der Waals surface area contributed by atoms with E-state index < -0.39 is 20.9 Å². The standard InChI is InChI=1S/C21H24FN3O4S/c1-12-20(28-15-8-13-2-3-14(9-15)25-13)23-11-24-21(12)29-19-7-6-17(10-18(19)22)30(26,27)16-4-5-16/h6-7,10-11,13-16,25H,2-5,8-9H2,1H3/t13-,14?,15+/m0/s1. The number of nitrogens with one attached hydrogen (secondary N) is 1. The Kier molecular flexibility index (Phi) is 4.89. The third-order valence-electron chi connectivity index (χ3n) is 6.10. The maximum absolute atomic E-state index is 14.6. The Bertz CT molecular complexity index is 1060. The van der Waals surface area contributed by atoms with Gasteiger partial charge in [0.1, 0.15) is 12.4 Å². The van der Waals surface area contributed by atoms with Gasteiger partial charge in [-0.1, -0.05) is 0 Å². The molecule has 0 radical (unpaired) electrons. The molecule has 3 fully saturated rings. The lowest BCUT2D eigenvalue weighted by Gasteiger charge is -2.29. The van der Waals surface area contributed by atoms with Gasteiger partial charge in [-0.25, -0.2) is 22.8 Å². The van der Waals surface area contributed by atoms with E-state index in [9.17, 15) is 12.8 Å². The van der Waals surface area contributed by atoms with Crippen LogP contribution in [0.4, 0.5) is 4.39 Å². The van der Waals surface area contributed by atoms with Gasteiger partial charge < -0.3 is 14.8 Å². The second-order valence-corrected chi connectivity index (χ2v) is 10.6. The number of rotatable bonds is 6. The summed E-state index contributed by atoms with van der Waals surface area (Å²) >= 11 is 0. The highest BCUT2D eigenvalue weighted by atomic mass is 32.2. The van der Waals surface area contributed by atoms with Gasteiger partial charge in [0, 0.05) is 12.1 Å². The Labute approximate surface area is 174 Å². The van der Waals surface area contributed by atoms with Crippen molar-refractivity contribution < 1.29 is 22.3 Å². The highest BCUT2D eigenvalue weighted by molar-refractivity contribution is 7.92. The third kappa shape index (κ3) is 3.76. The van der Waals surface area contributed by atoms with Crippen LogP contribution in [-0.4, -0.2) is 41.8 Å². The smallest absolute Gasteiger partial charge is 0.229 e. The van der Waals surface area contributed by atoms with Crippen molar-refractivity contribution in [1.29, 1.82) is 0 Å². The molecule has 1 saturated carbocycles. The zero-order valence-corrected chi connectivity index (χ0v) is 17.5. The van der Waals surface area contributed by atoms with E-state index >= 15 is 0 Å². The van der Waals surface area contributed by atoms with Crippen molar-refractivity contribution in [3.63, 3.8) is 0 Å². The van der Waals surface area contributed by atoms with Crippen LogP contribution in [0.25, 0.3) is 0 Å².